The minimum absolute atomic E-state index is 0.450. The van der Waals surface area contributed by atoms with Crippen molar-refractivity contribution in [2.75, 3.05) is 19.6 Å². The lowest BCUT2D eigenvalue weighted by molar-refractivity contribution is -0.148. The van der Waals surface area contributed by atoms with E-state index >= 15 is 0 Å². The molecular formula is C18H35NO2. The number of carboxylic acids is 1. The maximum atomic E-state index is 11.5. The summed E-state index contributed by atoms with van der Waals surface area (Å²) < 4.78 is 0. The van der Waals surface area contributed by atoms with Crippen LogP contribution in [0.5, 0.6) is 0 Å². The van der Waals surface area contributed by atoms with Crippen molar-refractivity contribution in [3.63, 3.8) is 0 Å². The predicted octanol–water partition coefficient (Wildman–Crippen LogP) is 4.70. The van der Waals surface area contributed by atoms with Gasteiger partial charge in [0.2, 0.25) is 0 Å². The fourth-order valence-electron chi connectivity index (χ4n) is 3.58. The van der Waals surface area contributed by atoms with Gasteiger partial charge in [-0.2, -0.15) is 0 Å². The molecule has 1 heterocycles. The number of carbonyl (C=O) groups is 1. The molecule has 0 aromatic heterocycles. The largest absolute Gasteiger partial charge is 0.481 e. The molecule has 1 unspecified atom stereocenters. The van der Waals surface area contributed by atoms with E-state index < -0.39 is 11.4 Å². The Labute approximate surface area is 131 Å². The number of hydrogen-bond donors (Lipinski definition) is 1. The first-order chi connectivity index (χ1) is 10.1. The second kappa shape index (κ2) is 10.2. The molecule has 1 rings (SSSR count). The van der Waals surface area contributed by atoms with E-state index in [4.69, 9.17) is 0 Å². The molecule has 0 spiro atoms. The van der Waals surface area contributed by atoms with Crippen molar-refractivity contribution in [1.82, 2.24) is 4.90 Å². The average Bonchev–Trinajstić information content (AvgIpc) is 2.87. The molecule has 1 fully saturated rings. The minimum atomic E-state index is -0.581. The van der Waals surface area contributed by atoms with Gasteiger partial charge in [0.15, 0.2) is 0 Å². The maximum Gasteiger partial charge on any atom is 0.310 e. The van der Waals surface area contributed by atoms with Crippen molar-refractivity contribution in [2.24, 2.45) is 5.41 Å². The summed E-state index contributed by atoms with van der Waals surface area (Å²) in [5.41, 5.74) is -0.450. The van der Waals surface area contributed by atoms with Crippen LogP contribution in [0.2, 0.25) is 0 Å². The Bertz CT molecular complexity index is 293. The first-order valence-electron chi connectivity index (χ1n) is 9.10. The molecule has 0 aromatic carbocycles. The van der Waals surface area contributed by atoms with Crippen LogP contribution in [0.15, 0.2) is 0 Å². The minimum Gasteiger partial charge on any atom is -0.481 e. The molecule has 0 bridgehead atoms. The molecule has 3 heteroatoms. The van der Waals surface area contributed by atoms with Crippen molar-refractivity contribution >= 4 is 5.97 Å². The van der Waals surface area contributed by atoms with Gasteiger partial charge in [-0.25, -0.2) is 0 Å². The van der Waals surface area contributed by atoms with E-state index in [0.717, 1.165) is 38.9 Å². The van der Waals surface area contributed by atoms with Gasteiger partial charge in [-0.05, 0) is 32.4 Å². The van der Waals surface area contributed by atoms with Gasteiger partial charge in [0.05, 0.1) is 5.41 Å². The number of carboxylic acid groups (broad SMARTS) is 1. The lowest BCUT2D eigenvalue weighted by Crippen LogP contribution is -2.34. The van der Waals surface area contributed by atoms with Crippen LogP contribution in [0.4, 0.5) is 0 Å². The summed E-state index contributed by atoms with van der Waals surface area (Å²) in [5, 5.41) is 9.50. The van der Waals surface area contributed by atoms with Crippen LogP contribution in [-0.2, 0) is 4.79 Å². The van der Waals surface area contributed by atoms with Crippen LogP contribution < -0.4 is 0 Å². The van der Waals surface area contributed by atoms with E-state index in [2.05, 4.69) is 18.7 Å². The number of nitrogens with zero attached hydrogens (tertiary/aromatic N) is 1. The Morgan fingerprint density at radius 1 is 1.00 bits per heavy atom. The molecule has 0 amide bonds. The summed E-state index contributed by atoms with van der Waals surface area (Å²) >= 11 is 0. The number of aliphatic carboxylic acids is 1. The summed E-state index contributed by atoms with van der Waals surface area (Å²) in [6.07, 6.45) is 13.4. The summed E-state index contributed by atoms with van der Waals surface area (Å²) in [4.78, 5) is 13.9. The molecule has 0 saturated carbocycles. The monoisotopic (exact) mass is 297 g/mol. The van der Waals surface area contributed by atoms with Crippen LogP contribution in [0.1, 0.15) is 84.5 Å². The predicted molar refractivity (Wildman–Crippen MR) is 88.6 cm³/mol. The van der Waals surface area contributed by atoms with Gasteiger partial charge < -0.3 is 10.0 Å². The van der Waals surface area contributed by atoms with E-state index in [0.29, 0.717) is 0 Å². The molecule has 124 valence electrons. The molecule has 21 heavy (non-hydrogen) atoms. The third kappa shape index (κ3) is 6.37. The summed E-state index contributed by atoms with van der Waals surface area (Å²) in [6.45, 7) is 7.18. The van der Waals surface area contributed by atoms with E-state index in [1.807, 2.05) is 0 Å². The normalized spacial score (nSPS) is 22.8. The number of unbranched alkanes of at least 4 members (excludes halogenated alkanes) is 7. The van der Waals surface area contributed by atoms with E-state index in [-0.39, 0.29) is 0 Å². The Morgan fingerprint density at radius 3 is 2.19 bits per heavy atom. The number of hydrogen-bond acceptors (Lipinski definition) is 2. The Balaban J connectivity index is 2.10. The summed E-state index contributed by atoms with van der Waals surface area (Å²) in [5.74, 6) is -0.581. The Hall–Kier alpha value is -0.570. The molecule has 1 N–H and O–H groups in total. The Morgan fingerprint density at radius 2 is 1.62 bits per heavy atom. The highest BCUT2D eigenvalue weighted by Crippen LogP contribution is 2.35. The van der Waals surface area contributed by atoms with Crippen LogP contribution >= 0.6 is 0 Å². The van der Waals surface area contributed by atoms with Gasteiger partial charge in [0, 0.05) is 6.54 Å². The van der Waals surface area contributed by atoms with Crippen LogP contribution in [-0.4, -0.2) is 35.6 Å². The van der Waals surface area contributed by atoms with Gasteiger partial charge in [0.25, 0.3) is 0 Å². The first kappa shape index (κ1) is 18.5. The zero-order valence-electron chi connectivity index (χ0n) is 14.2. The smallest absolute Gasteiger partial charge is 0.310 e. The molecule has 1 aliphatic rings. The van der Waals surface area contributed by atoms with Gasteiger partial charge in [-0.3, -0.25) is 4.79 Å². The quantitative estimate of drug-likeness (QED) is 0.531. The summed E-state index contributed by atoms with van der Waals surface area (Å²) in [6, 6.07) is 0. The molecule has 1 saturated heterocycles. The maximum absolute atomic E-state index is 11.5. The molecule has 0 aromatic rings. The topological polar surface area (TPSA) is 40.5 Å². The van der Waals surface area contributed by atoms with Crippen molar-refractivity contribution in [1.29, 1.82) is 0 Å². The first-order valence-corrected chi connectivity index (χ1v) is 9.10. The van der Waals surface area contributed by atoms with Gasteiger partial charge in [0.1, 0.15) is 0 Å². The molecule has 1 atom stereocenters. The Kier molecular flexibility index (Phi) is 8.98. The second-order valence-corrected chi connectivity index (χ2v) is 6.84. The summed E-state index contributed by atoms with van der Waals surface area (Å²) in [7, 11) is 0. The third-order valence-corrected chi connectivity index (χ3v) is 4.94. The third-order valence-electron chi connectivity index (χ3n) is 4.94. The van der Waals surface area contributed by atoms with Crippen molar-refractivity contribution in [2.45, 2.75) is 84.5 Å². The van der Waals surface area contributed by atoms with Crippen LogP contribution in [0.25, 0.3) is 0 Å². The lowest BCUT2D eigenvalue weighted by atomic mass is 9.83. The highest BCUT2D eigenvalue weighted by atomic mass is 16.4. The van der Waals surface area contributed by atoms with E-state index in [1.165, 1.54) is 51.4 Å². The van der Waals surface area contributed by atoms with Crippen molar-refractivity contribution in [3.8, 4) is 0 Å². The highest BCUT2D eigenvalue weighted by Gasteiger charge is 2.43. The standard InChI is InChI=1S/C18H35NO2/c1-3-5-6-7-8-9-10-11-14-19-15-13-18(16-19,12-4-2)17(20)21/h3-16H2,1-2H3,(H,20,21). The molecule has 0 aliphatic carbocycles. The van der Waals surface area contributed by atoms with Gasteiger partial charge in [-0.1, -0.05) is 65.2 Å². The van der Waals surface area contributed by atoms with Crippen molar-refractivity contribution in [3.05, 3.63) is 0 Å². The number of likely N-dealkylation sites (tertiary alicyclic amines) is 1. The average molecular weight is 297 g/mol. The SMILES string of the molecule is CCCCCCCCCCN1CCC(CCC)(C(=O)O)C1. The fourth-order valence-corrected chi connectivity index (χ4v) is 3.58. The second-order valence-electron chi connectivity index (χ2n) is 6.84. The van der Waals surface area contributed by atoms with E-state index in [1.54, 1.807) is 0 Å². The fraction of sp³-hybridized carbons (Fsp3) is 0.944. The van der Waals surface area contributed by atoms with Gasteiger partial charge >= 0.3 is 5.97 Å². The molecule has 3 nitrogen and oxygen atoms in total. The molecule has 1 aliphatic heterocycles. The zero-order valence-corrected chi connectivity index (χ0v) is 14.2. The highest BCUT2D eigenvalue weighted by molar-refractivity contribution is 5.75. The zero-order chi connectivity index (χ0) is 15.6. The molecular weight excluding hydrogens is 262 g/mol. The lowest BCUT2D eigenvalue weighted by Gasteiger charge is -2.24. The van der Waals surface area contributed by atoms with Crippen LogP contribution in [0, 0.1) is 5.41 Å². The molecule has 0 radical (unpaired) electrons. The number of rotatable bonds is 12. The van der Waals surface area contributed by atoms with Crippen LogP contribution in [0.3, 0.4) is 0 Å². The van der Waals surface area contributed by atoms with E-state index in [9.17, 15) is 9.90 Å². The van der Waals surface area contributed by atoms with Gasteiger partial charge in [-0.15, -0.1) is 0 Å². The van der Waals surface area contributed by atoms with Crippen molar-refractivity contribution < 1.29 is 9.90 Å².